The van der Waals surface area contributed by atoms with Crippen LogP contribution >= 0.6 is 11.8 Å². The molecule has 27 heavy (non-hydrogen) atoms. The van der Waals surface area contributed by atoms with Crippen molar-refractivity contribution in [2.75, 3.05) is 6.54 Å². The first-order valence-corrected chi connectivity index (χ1v) is 9.19. The van der Waals surface area contributed by atoms with Gasteiger partial charge in [0.05, 0.1) is 4.91 Å². The number of carbonyl (C=O) groups is 1. The van der Waals surface area contributed by atoms with Gasteiger partial charge >= 0.3 is 0 Å². The number of aromatic hydroxyl groups is 1. The van der Waals surface area contributed by atoms with Gasteiger partial charge in [0.15, 0.2) is 11.0 Å². The van der Waals surface area contributed by atoms with Crippen molar-refractivity contribution >= 4 is 34.6 Å². The van der Waals surface area contributed by atoms with Gasteiger partial charge < -0.3 is 5.11 Å². The summed E-state index contributed by atoms with van der Waals surface area (Å²) in [6, 6.07) is 9.59. The summed E-state index contributed by atoms with van der Waals surface area (Å²) in [7, 11) is 0. The Balaban J connectivity index is 1.97. The van der Waals surface area contributed by atoms with Crippen molar-refractivity contribution in [2.24, 2.45) is 10.9 Å². The largest absolute Gasteiger partial charge is 0.508 e. The van der Waals surface area contributed by atoms with E-state index in [2.05, 4.69) is 4.99 Å². The molecule has 0 saturated carbocycles. The highest BCUT2D eigenvalue weighted by Gasteiger charge is 2.33. The molecule has 2 aromatic carbocycles. The van der Waals surface area contributed by atoms with Crippen molar-refractivity contribution in [3.63, 3.8) is 0 Å². The molecule has 2 aromatic rings. The normalized spacial score (nSPS) is 17.5. The molecule has 0 bridgehead atoms. The minimum Gasteiger partial charge on any atom is -0.508 e. The van der Waals surface area contributed by atoms with E-state index in [1.807, 2.05) is 13.8 Å². The van der Waals surface area contributed by atoms with Gasteiger partial charge in [0, 0.05) is 12.6 Å². The molecule has 1 heterocycles. The van der Waals surface area contributed by atoms with Gasteiger partial charge in [0.2, 0.25) is 0 Å². The Bertz CT molecular complexity index is 924. The lowest BCUT2D eigenvalue weighted by Crippen LogP contribution is -2.32. The molecule has 1 aliphatic rings. The van der Waals surface area contributed by atoms with Crippen LogP contribution < -0.4 is 0 Å². The topological polar surface area (TPSA) is 52.9 Å². The highest BCUT2D eigenvalue weighted by Crippen LogP contribution is 2.35. The molecule has 0 spiro atoms. The predicted molar refractivity (Wildman–Crippen MR) is 104 cm³/mol. The lowest BCUT2D eigenvalue weighted by Gasteiger charge is -2.17. The van der Waals surface area contributed by atoms with Gasteiger partial charge in [-0.25, -0.2) is 13.8 Å². The van der Waals surface area contributed by atoms with E-state index < -0.39 is 11.6 Å². The maximum Gasteiger partial charge on any atom is 0.266 e. The third-order valence-corrected chi connectivity index (χ3v) is 4.76. The molecule has 0 aromatic heterocycles. The fraction of sp³-hybridized carbons (Fsp3) is 0.200. The summed E-state index contributed by atoms with van der Waals surface area (Å²) in [4.78, 5) is 19.0. The number of carbonyl (C=O) groups excluding carboxylic acids is 1. The number of aliphatic imine (C=N–C) groups is 1. The minimum atomic E-state index is -0.781. The molecule has 1 N–H and O–H groups in total. The quantitative estimate of drug-likeness (QED) is 0.756. The number of halogens is 2. The molecule has 0 radical (unpaired) electrons. The third kappa shape index (κ3) is 4.54. The van der Waals surface area contributed by atoms with Gasteiger partial charge in [-0.3, -0.25) is 9.69 Å². The van der Waals surface area contributed by atoms with Crippen molar-refractivity contribution in [1.82, 2.24) is 4.90 Å². The molecule has 0 aliphatic carbocycles. The summed E-state index contributed by atoms with van der Waals surface area (Å²) in [6.07, 6.45) is 1.70. The highest BCUT2D eigenvalue weighted by atomic mass is 32.2. The number of benzene rings is 2. The fourth-order valence-corrected chi connectivity index (χ4v) is 3.52. The molecule has 1 aliphatic heterocycles. The van der Waals surface area contributed by atoms with Crippen molar-refractivity contribution in [3.8, 4) is 5.75 Å². The number of hydrogen-bond acceptors (Lipinski definition) is 4. The lowest BCUT2D eigenvalue weighted by molar-refractivity contribution is -0.122. The van der Waals surface area contributed by atoms with E-state index in [0.29, 0.717) is 16.6 Å². The van der Waals surface area contributed by atoms with Crippen LogP contribution in [0.4, 0.5) is 14.5 Å². The van der Waals surface area contributed by atoms with Gasteiger partial charge in [-0.15, -0.1) is 0 Å². The maximum atomic E-state index is 14.0. The van der Waals surface area contributed by atoms with Crippen LogP contribution in [0.3, 0.4) is 0 Å². The molecule has 7 heteroatoms. The zero-order valence-corrected chi connectivity index (χ0v) is 15.6. The van der Waals surface area contributed by atoms with E-state index in [1.54, 1.807) is 18.2 Å². The molecule has 1 fully saturated rings. The summed E-state index contributed by atoms with van der Waals surface area (Å²) in [6.45, 7) is 4.37. The van der Waals surface area contributed by atoms with E-state index >= 15 is 0 Å². The van der Waals surface area contributed by atoms with Gasteiger partial charge in [-0.05, 0) is 53.6 Å². The van der Waals surface area contributed by atoms with E-state index in [0.717, 1.165) is 29.5 Å². The first-order chi connectivity index (χ1) is 12.8. The number of rotatable bonds is 4. The van der Waals surface area contributed by atoms with Crippen molar-refractivity contribution in [3.05, 3.63) is 64.6 Å². The molecule has 1 saturated heterocycles. The molecule has 140 valence electrons. The first-order valence-electron chi connectivity index (χ1n) is 8.37. The first kappa shape index (κ1) is 19.1. The third-order valence-electron chi connectivity index (χ3n) is 3.75. The molecule has 0 unspecified atom stereocenters. The van der Waals surface area contributed by atoms with E-state index in [1.165, 1.54) is 23.1 Å². The Morgan fingerprint density at radius 3 is 2.52 bits per heavy atom. The number of amidine groups is 1. The van der Waals surface area contributed by atoms with Crippen LogP contribution in [0.1, 0.15) is 19.4 Å². The molecule has 0 atom stereocenters. The number of amides is 1. The lowest BCUT2D eigenvalue weighted by atomic mass is 10.2. The zero-order chi connectivity index (χ0) is 19.6. The number of phenolic OH excluding ortho intramolecular Hbond substituents is 1. The second-order valence-electron chi connectivity index (χ2n) is 6.50. The van der Waals surface area contributed by atoms with Gasteiger partial charge in [0.25, 0.3) is 5.91 Å². The Labute approximate surface area is 160 Å². The summed E-state index contributed by atoms with van der Waals surface area (Å²) in [5.41, 5.74) is 0.730. The zero-order valence-electron chi connectivity index (χ0n) is 14.8. The van der Waals surface area contributed by atoms with Crippen molar-refractivity contribution in [1.29, 1.82) is 0 Å². The Morgan fingerprint density at radius 2 is 1.89 bits per heavy atom. The number of thioether (sulfide) groups is 1. The standard InChI is InChI=1S/C20H18F2N2O2S/c1-12(2)11-24-19(26)18(9-13-3-6-15(25)7-4-13)27-20(24)23-17-8-5-14(21)10-16(17)22/h3-10,12,25H,11H2,1-2H3/b18-9+,23-20?. The van der Waals surface area contributed by atoms with Gasteiger partial charge in [-0.2, -0.15) is 0 Å². The molecule has 4 nitrogen and oxygen atoms in total. The molecule has 1 amide bonds. The number of phenols is 1. The van der Waals surface area contributed by atoms with Crippen LogP contribution in [0.5, 0.6) is 5.75 Å². The van der Waals surface area contributed by atoms with Gasteiger partial charge in [-0.1, -0.05) is 26.0 Å². The second-order valence-corrected chi connectivity index (χ2v) is 7.51. The summed E-state index contributed by atoms with van der Waals surface area (Å²) in [5.74, 6) is -1.36. The monoisotopic (exact) mass is 388 g/mol. The molecular formula is C20H18F2N2O2S. The molecular weight excluding hydrogens is 370 g/mol. The average Bonchev–Trinajstić information content (AvgIpc) is 2.88. The predicted octanol–water partition coefficient (Wildman–Crippen LogP) is 4.93. The Morgan fingerprint density at radius 1 is 1.19 bits per heavy atom. The summed E-state index contributed by atoms with van der Waals surface area (Å²) in [5, 5.41) is 9.73. The van der Waals surface area contributed by atoms with Crippen LogP contribution in [0.15, 0.2) is 52.4 Å². The number of nitrogens with zero attached hydrogens (tertiary/aromatic N) is 2. The number of hydrogen-bond donors (Lipinski definition) is 1. The fourth-order valence-electron chi connectivity index (χ4n) is 2.51. The minimum absolute atomic E-state index is 0.0219. The summed E-state index contributed by atoms with van der Waals surface area (Å²) < 4.78 is 27.1. The smallest absolute Gasteiger partial charge is 0.266 e. The van der Waals surface area contributed by atoms with Crippen LogP contribution in [-0.2, 0) is 4.79 Å². The van der Waals surface area contributed by atoms with Crippen LogP contribution in [-0.4, -0.2) is 27.6 Å². The summed E-state index contributed by atoms with van der Waals surface area (Å²) >= 11 is 1.14. The van der Waals surface area contributed by atoms with Crippen LogP contribution in [0.2, 0.25) is 0 Å². The average molecular weight is 388 g/mol. The van der Waals surface area contributed by atoms with Crippen LogP contribution in [0.25, 0.3) is 6.08 Å². The Hall–Kier alpha value is -2.67. The maximum absolute atomic E-state index is 14.0. The van der Waals surface area contributed by atoms with E-state index in [-0.39, 0.29) is 23.3 Å². The molecule has 3 rings (SSSR count). The second kappa shape index (κ2) is 7.92. The van der Waals surface area contributed by atoms with Gasteiger partial charge in [0.1, 0.15) is 17.3 Å². The van der Waals surface area contributed by atoms with Crippen molar-refractivity contribution in [2.45, 2.75) is 13.8 Å². The van der Waals surface area contributed by atoms with E-state index in [4.69, 9.17) is 0 Å². The van der Waals surface area contributed by atoms with Crippen molar-refractivity contribution < 1.29 is 18.7 Å². The van der Waals surface area contributed by atoms with Crippen LogP contribution in [0, 0.1) is 17.6 Å². The Kier molecular flexibility index (Phi) is 5.60. The SMILES string of the molecule is CC(C)CN1C(=O)/C(=C\c2ccc(O)cc2)SC1=Nc1ccc(F)cc1F. The van der Waals surface area contributed by atoms with E-state index in [9.17, 15) is 18.7 Å². The highest BCUT2D eigenvalue weighted by molar-refractivity contribution is 8.18.